The second-order valence-electron chi connectivity index (χ2n) is 7.63. The zero-order valence-electron chi connectivity index (χ0n) is 18.2. The van der Waals surface area contributed by atoms with Crippen molar-refractivity contribution in [1.29, 1.82) is 0 Å². The number of halogens is 3. The summed E-state index contributed by atoms with van der Waals surface area (Å²) in [6.07, 6.45) is -4.60. The van der Waals surface area contributed by atoms with Gasteiger partial charge in [0.25, 0.3) is 0 Å². The van der Waals surface area contributed by atoms with Gasteiger partial charge in [-0.05, 0) is 42.8 Å². The fourth-order valence-corrected chi connectivity index (χ4v) is 3.37. The Labute approximate surface area is 193 Å². The second kappa shape index (κ2) is 8.93. The highest BCUT2D eigenvalue weighted by molar-refractivity contribution is 5.93. The van der Waals surface area contributed by atoms with Gasteiger partial charge in [-0.2, -0.15) is 13.2 Å². The first-order chi connectivity index (χ1) is 16.1. The first kappa shape index (κ1) is 22.9. The van der Waals surface area contributed by atoms with Crippen molar-refractivity contribution in [2.75, 3.05) is 5.32 Å². The van der Waals surface area contributed by atoms with Crippen molar-refractivity contribution < 1.29 is 23.1 Å². The van der Waals surface area contributed by atoms with Gasteiger partial charge in [0.1, 0.15) is 5.75 Å². The minimum absolute atomic E-state index is 0.0429. The van der Waals surface area contributed by atoms with Crippen LogP contribution in [0.15, 0.2) is 66.7 Å². The molecule has 3 aromatic carbocycles. The average Bonchev–Trinajstić information content (AvgIpc) is 2.78. The molecule has 1 heterocycles. The van der Waals surface area contributed by atoms with Crippen LogP contribution in [0.5, 0.6) is 5.75 Å². The van der Waals surface area contributed by atoms with Gasteiger partial charge >= 0.3 is 6.18 Å². The molecule has 9 heteroatoms. The van der Waals surface area contributed by atoms with Crippen molar-refractivity contribution in [3.05, 3.63) is 77.9 Å². The van der Waals surface area contributed by atoms with Crippen LogP contribution >= 0.6 is 0 Å². The lowest BCUT2D eigenvalue weighted by atomic mass is 10.1. The molecule has 0 bridgehead atoms. The molecule has 0 aliphatic carbocycles. The summed E-state index contributed by atoms with van der Waals surface area (Å²) in [4.78, 5) is 25.1. The number of phenols is 1. The Balaban J connectivity index is 1.96. The molecule has 0 radical (unpaired) electrons. The van der Waals surface area contributed by atoms with E-state index in [1.165, 1.54) is 13.0 Å². The summed E-state index contributed by atoms with van der Waals surface area (Å²) in [6.45, 7) is 3.02. The van der Waals surface area contributed by atoms with Crippen LogP contribution in [-0.4, -0.2) is 26.0 Å². The van der Waals surface area contributed by atoms with Crippen LogP contribution in [0.3, 0.4) is 0 Å². The number of anilines is 1. The molecule has 34 heavy (non-hydrogen) atoms. The van der Waals surface area contributed by atoms with Crippen LogP contribution in [0, 0.1) is 6.92 Å². The molecule has 4 rings (SSSR count). The second-order valence-corrected chi connectivity index (χ2v) is 7.63. The molecule has 0 saturated carbocycles. The molecule has 1 aromatic heterocycles. The third-order valence-electron chi connectivity index (χ3n) is 4.96. The Morgan fingerprint density at radius 2 is 1.47 bits per heavy atom. The summed E-state index contributed by atoms with van der Waals surface area (Å²) in [5, 5.41) is 12.9. The Bertz CT molecular complexity index is 1370. The topological polar surface area (TPSA) is 88.0 Å². The first-order valence-corrected chi connectivity index (χ1v) is 10.2. The van der Waals surface area contributed by atoms with Gasteiger partial charge in [-0.3, -0.25) is 4.79 Å². The monoisotopic (exact) mass is 464 g/mol. The summed E-state index contributed by atoms with van der Waals surface area (Å²) in [7, 11) is 0. The molecular formula is C25H19F3N4O2. The first-order valence-electron chi connectivity index (χ1n) is 10.2. The molecule has 172 valence electrons. The predicted molar refractivity (Wildman–Crippen MR) is 122 cm³/mol. The number of benzene rings is 3. The van der Waals surface area contributed by atoms with E-state index in [0.717, 1.165) is 17.7 Å². The van der Waals surface area contributed by atoms with E-state index >= 15 is 0 Å². The van der Waals surface area contributed by atoms with Crippen LogP contribution in [0.2, 0.25) is 0 Å². The number of hydrogen-bond donors (Lipinski definition) is 2. The Morgan fingerprint density at radius 1 is 0.853 bits per heavy atom. The predicted octanol–water partition coefficient (Wildman–Crippen LogP) is 5.86. The lowest BCUT2D eigenvalue weighted by Gasteiger charge is -2.15. The number of nitrogens with zero attached hydrogens (tertiary/aromatic N) is 3. The van der Waals surface area contributed by atoms with E-state index in [9.17, 15) is 23.1 Å². The van der Waals surface area contributed by atoms with Crippen molar-refractivity contribution in [3.63, 3.8) is 0 Å². The van der Waals surface area contributed by atoms with Crippen LogP contribution < -0.4 is 5.32 Å². The van der Waals surface area contributed by atoms with Gasteiger partial charge in [-0.1, -0.05) is 36.4 Å². The van der Waals surface area contributed by atoms with Crippen LogP contribution in [-0.2, 0) is 11.0 Å². The number of nitrogens with one attached hydrogen (secondary N) is 1. The van der Waals surface area contributed by atoms with Crippen LogP contribution in [0.25, 0.3) is 34.2 Å². The minimum atomic E-state index is -4.60. The molecule has 4 aromatic rings. The maximum Gasteiger partial charge on any atom is 0.416 e. The summed E-state index contributed by atoms with van der Waals surface area (Å²) >= 11 is 0. The number of aryl methyl sites for hydroxylation is 1. The molecular weight excluding hydrogens is 445 g/mol. The lowest BCUT2D eigenvalue weighted by Crippen LogP contribution is -2.11. The summed E-state index contributed by atoms with van der Waals surface area (Å²) in [6, 6.07) is 16.9. The molecule has 0 atom stereocenters. The minimum Gasteiger partial charge on any atom is -0.507 e. The van der Waals surface area contributed by atoms with Crippen molar-refractivity contribution in [1.82, 2.24) is 15.0 Å². The highest BCUT2D eigenvalue weighted by Gasteiger charge is 2.31. The molecule has 1 amide bonds. The SMILES string of the molecule is CC(=O)Nc1cc(C(F)(F)F)ccc1-c1nc(-c2ccccc2)nc(-c2ccc(C)cc2O)n1. The normalized spacial score (nSPS) is 11.3. The standard InChI is InChI=1S/C25H19F3N4O2/c1-14-8-10-19(21(34)12-14)24-31-22(16-6-4-3-5-7-16)30-23(32-24)18-11-9-17(25(26,27)28)13-20(18)29-15(2)33/h3-13,34H,1-2H3,(H,29,33). The summed E-state index contributed by atoms with van der Waals surface area (Å²) in [5.41, 5.74) is 0.969. The quantitative estimate of drug-likeness (QED) is 0.395. The van der Waals surface area contributed by atoms with Crippen molar-refractivity contribution in [3.8, 4) is 39.9 Å². The summed E-state index contributed by atoms with van der Waals surface area (Å²) < 4.78 is 39.9. The fourth-order valence-electron chi connectivity index (χ4n) is 3.37. The van der Waals surface area contributed by atoms with E-state index in [1.807, 2.05) is 13.0 Å². The highest BCUT2D eigenvalue weighted by atomic mass is 19.4. The fraction of sp³-hybridized carbons (Fsp3) is 0.120. The Kier molecular flexibility index (Phi) is 6.02. The van der Waals surface area contributed by atoms with Crippen molar-refractivity contribution >= 4 is 11.6 Å². The maximum atomic E-state index is 13.3. The molecule has 6 nitrogen and oxygen atoms in total. The van der Waals surface area contributed by atoms with Gasteiger partial charge in [0.15, 0.2) is 17.5 Å². The van der Waals surface area contributed by atoms with Crippen molar-refractivity contribution in [2.24, 2.45) is 0 Å². The van der Waals surface area contributed by atoms with E-state index in [2.05, 4.69) is 20.3 Å². The molecule has 0 aliphatic heterocycles. The third-order valence-corrected chi connectivity index (χ3v) is 4.96. The zero-order valence-corrected chi connectivity index (χ0v) is 18.2. The number of rotatable bonds is 4. The maximum absolute atomic E-state index is 13.3. The number of carbonyl (C=O) groups is 1. The van der Waals surface area contributed by atoms with Gasteiger partial charge in [-0.25, -0.2) is 15.0 Å². The van der Waals surface area contributed by atoms with E-state index in [4.69, 9.17) is 0 Å². The van der Waals surface area contributed by atoms with Gasteiger partial charge in [-0.15, -0.1) is 0 Å². The molecule has 0 fully saturated rings. The zero-order chi connectivity index (χ0) is 24.5. The largest absolute Gasteiger partial charge is 0.507 e. The molecule has 2 N–H and O–H groups in total. The van der Waals surface area contributed by atoms with Crippen LogP contribution in [0.1, 0.15) is 18.1 Å². The van der Waals surface area contributed by atoms with Crippen molar-refractivity contribution in [2.45, 2.75) is 20.0 Å². The molecule has 0 aliphatic rings. The number of aromatic hydroxyl groups is 1. The number of phenolic OH excluding ortho intramolecular Hbond substituents is 1. The van der Waals surface area contributed by atoms with Gasteiger partial charge in [0.2, 0.25) is 5.91 Å². The van der Waals surface area contributed by atoms with E-state index < -0.39 is 17.6 Å². The number of aromatic nitrogens is 3. The number of carbonyl (C=O) groups excluding carboxylic acids is 1. The van der Waals surface area contributed by atoms with Gasteiger partial charge in [0.05, 0.1) is 16.8 Å². The smallest absolute Gasteiger partial charge is 0.416 e. The Hall–Kier alpha value is -4.27. The average molecular weight is 464 g/mol. The van der Waals surface area contributed by atoms with Gasteiger partial charge in [0, 0.05) is 18.1 Å². The lowest BCUT2D eigenvalue weighted by molar-refractivity contribution is -0.137. The Morgan fingerprint density at radius 3 is 2.09 bits per heavy atom. The summed E-state index contributed by atoms with van der Waals surface area (Å²) in [5.74, 6) is -0.162. The van der Waals surface area contributed by atoms with Crippen LogP contribution in [0.4, 0.5) is 18.9 Å². The van der Waals surface area contributed by atoms with Gasteiger partial charge < -0.3 is 10.4 Å². The highest BCUT2D eigenvalue weighted by Crippen LogP contribution is 2.36. The van der Waals surface area contributed by atoms with E-state index in [1.54, 1.807) is 42.5 Å². The third kappa shape index (κ3) is 4.88. The number of alkyl halides is 3. The van der Waals surface area contributed by atoms with E-state index in [0.29, 0.717) is 11.1 Å². The molecule has 0 unspecified atom stereocenters. The molecule has 0 spiro atoms. The van der Waals surface area contributed by atoms with E-state index in [-0.39, 0.29) is 34.5 Å². The number of amides is 1. The number of hydrogen-bond acceptors (Lipinski definition) is 5. The molecule has 0 saturated heterocycles.